The maximum Gasteiger partial charge on any atom is 0.235 e. The summed E-state index contributed by atoms with van der Waals surface area (Å²) in [6.07, 6.45) is 3.49. The molecule has 6 heteroatoms. The van der Waals surface area contributed by atoms with Crippen LogP contribution in [0.3, 0.4) is 0 Å². The lowest BCUT2D eigenvalue weighted by Gasteiger charge is -2.16. The third-order valence-corrected chi connectivity index (χ3v) is 5.81. The average Bonchev–Trinajstić information content (AvgIpc) is 3.36. The van der Waals surface area contributed by atoms with Crippen molar-refractivity contribution in [3.05, 3.63) is 66.0 Å². The molecule has 2 aromatic carbocycles. The highest BCUT2D eigenvalue weighted by Crippen LogP contribution is 2.49. The Hall–Kier alpha value is -2.60. The Balaban J connectivity index is 1.46. The molecule has 0 atom stereocenters. The van der Waals surface area contributed by atoms with Crippen LogP contribution in [0.15, 0.2) is 64.9 Å². The van der Waals surface area contributed by atoms with Crippen LogP contribution in [-0.2, 0) is 17.3 Å². The van der Waals surface area contributed by atoms with Crippen LogP contribution in [0.25, 0.3) is 0 Å². The first kappa shape index (κ1) is 16.8. The van der Waals surface area contributed by atoms with Crippen LogP contribution in [0.4, 0.5) is 5.69 Å². The number of benzene rings is 2. The molecule has 0 spiro atoms. The monoisotopic (exact) mass is 364 g/mol. The van der Waals surface area contributed by atoms with Gasteiger partial charge >= 0.3 is 0 Å². The van der Waals surface area contributed by atoms with Gasteiger partial charge < -0.3 is 9.88 Å². The van der Waals surface area contributed by atoms with Crippen molar-refractivity contribution in [1.82, 2.24) is 14.8 Å². The molecule has 1 amide bonds. The maximum atomic E-state index is 12.9. The summed E-state index contributed by atoms with van der Waals surface area (Å²) in [5, 5.41) is 11.9. The van der Waals surface area contributed by atoms with Gasteiger partial charge in [-0.25, -0.2) is 0 Å². The normalized spacial score (nSPS) is 14.8. The van der Waals surface area contributed by atoms with Gasteiger partial charge in [0, 0.05) is 17.6 Å². The van der Waals surface area contributed by atoms with Crippen LogP contribution in [0, 0.1) is 6.92 Å². The minimum atomic E-state index is -0.363. The van der Waals surface area contributed by atoms with E-state index in [1.165, 1.54) is 5.56 Å². The topological polar surface area (TPSA) is 59.8 Å². The molecule has 0 saturated heterocycles. The maximum absolute atomic E-state index is 12.9. The minimum Gasteiger partial charge on any atom is -0.325 e. The molecule has 0 bridgehead atoms. The Morgan fingerprint density at radius 1 is 1.19 bits per heavy atom. The van der Waals surface area contributed by atoms with Gasteiger partial charge in [-0.2, -0.15) is 0 Å². The smallest absolute Gasteiger partial charge is 0.235 e. The fourth-order valence-electron chi connectivity index (χ4n) is 3.04. The van der Waals surface area contributed by atoms with Crippen LogP contribution < -0.4 is 5.32 Å². The predicted octanol–water partition coefficient (Wildman–Crippen LogP) is 3.95. The van der Waals surface area contributed by atoms with Gasteiger partial charge in [0.25, 0.3) is 0 Å². The van der Waals surface area contributed by atoms with E-state index >= 15 is 0 Å². The van der Waals surface area contributed by atoms with E-state index in [9.17, 15) is 4.79 Å². The number of nitrogens with one attached hydrogen (secondary N) is 1. The van der Waals surface area contributed by atoms with Gasteiger partial charge in [0.05, 0.1) is 5.41 Å². The molecule has 4 rings (SSSR count). The molecule has 0 aliphatic heterocycles. The first-order valence-electron chi connectivity index (χ1n) is 8.57. The molecule has 1 N–H and O–H groups in total. The summed E-state index contributed by atoms with van der Waals surface area (Å²) in [4.78, 5) is 13.9. The van der Waals surface area contributed by atoms with E-state index < -0.39 is 0 Å². The minimum absolute atomic E-state index is 0.0804. The average molecular weight is 364 g/mol. The third-order valence-electron chi connectivity index (χ3n) is 4.75. The summed E-state index contributed by atoms with van der Waals surface area (Å²) in [5.41, 5.74) is 2.75. The molecule has 1 heterocycles. The highest BCUT2D eigenvalue weighted by atomic mass is 32.2. The number of rotatable bonds is 5. The number of amides is 1. The second-order valence-electron chi connectivity index (χ2n) is 6.76. The first-order valence-corrected chi connectivity index (χ1v) is 9.39. The molecule has 0 radical (unpaired) electrons. The quantitative estimate of drug-likeness (QED) is 0.745. The van der Waals surface area contributed by atoms with Crippen LogP contribution in [0.5, 0.6) is 0 Å². The van der Waals surface area contributed by atoms with Gasteiger partial charge in [-0.3, -0.25) is 4.79 Å². The molecule has 132 valence electrons. The number of hydrogen-bond acceptors (Lipinski definition) is 4. The van der Waals surface area contributed by atoms with Crippen LogP contribution >= 0.6 is 11.8 Å². The SMILES string of the molecule is Cc1cccc(C2(C(=O)Nc3ccc(Sc4nncn4C)cc3)CC2)c1. The molecular formula is C20H20N4OS. The van der Waals surface area contributed by atoms with E-state index in [1.54, 1.807) is 18.1 Å². The summed E-state index contributed by atoms with van der Waals surface area (Å²) in [5.74, 6) is 0.0804. The summed E-state index contributed by atoms with van der Waals surface area (Å²) in [7, 11) is 1.91. The second kappa shape index (κ2) is 6.61. The molecule has 1 saturated carbocycles. The van der Waals surface area contributed by atoms with Gasteiger partial charge in [-0.1, -0.05) is 29.8 Å². The van der Waals surface area contributed by atoms with E-state index in [0.29, 0.717) is 0 Å². The first-order chi connectivity index (χ1) is 12.6. The van der Waals surface area contributed by atoms with Crippen molar-refractivity contribution in [2.75, 3.05) is 5.32 Å². The number of carbonyl (C=O) groups is 1. The van der Waals surface area contributed by atoms with Crippen molar-refractivity contribution in [2.45, 2.75) is 35.2 Å². The summed E-state index contributed by atoms with van der Waals surface area (Å²) in [6.45, 7) is 2.06. The molecular weight excluding hydrogens is 344 g/mol. The summed E-state index contributed by atoms with van der Waals surface area (Å²) < 4.78 is 1.87. The molecule has 5 nitrogen and oxygen atoms in total. The van der Waals surface area contributed by atoms with Crippen molar-refractivity contribution in [3.8, 4) is 0 Å². The Kier molecular flexibility index (Phi) is 4.28. The zero-order chi connectivity index (χ0) is 18.1. The van der Waals surface area contributed by atoms with Gasteiger partial charge in [0.2, 0.25) is 5.91 Å². The Bertz CT molecular complexity index is 944. The zero-order valence-electron chi connectivity index (χ0n) is 14.8. The Morgan fingerprint density at radius 3 is 2.58 bits per heavy atom. The van der Waals surface area contributed by atoms with E-state index in [2.05, 4.69) is 40.6 Å². The van der Waals surface area contributed by atoms with Gasteiger partial charge in [-0.05, 0) is 61.4 Å². The molecule has 3 aromatic rings. The number of aryl methyl sites for hydroxylation is 2. The van der Waals surface area contributed by atoms with Crippen LogP contribution in [-0.4, -0.2) is 20.7 Å². The fraction of sp³-hybridized carbons (Fsp3) is 0.250. The molecule has 26 heavy (non-hydrogen) atoms. The van der Waals surface area contributed by atoms with Crippen LogP contribution in [0.1, 0.15) is 24.0 Å². The predicted molar refractivity (Wildman–Crippen MR) is 102 cm³/mol. The Morgan fingerprint density at radius 2 is 1.96 bits per heavy atom. The number of carbonyl (C=O) groups excluding carboxylic acids is 1. The lowest BCUT2D eigenvalue weighted by Crippen LogP contribution is -2.27. The summed E-state index contributed by atoms with van der Waals surface area (Å²) in [6, 6.07) is 16.1. The van der Waals surface area contributed by atoms with Crippen molar-refractivity contribution >= 4 is 23.4 Å². The van der Waals surface area contributed by atoms with Crippen molar-refractivity contribution in [2.24, 2.45) is 7.05 Å². The molecule has 0 unspecified atom stereocenters. The molecule has 1 aliphatic rings. The molecule has 1 fully saturated rings. The van der Waals surface area contributed by atoms with Crippen molar-refractivity contribution in [3.63, 3.8) is 0 Å². The van der Waals surface area contributed by atoms with Gasteiger partial charge in [0.1, 0.15) is 6.33 Å². The lowest BCUT2D eigenvalue weighted by molar-refractivity contribution is -0.118. The van der Waals surface area contributed by atoms with Crippen molar-refractivity contribution in [1.29, 1.82) is 0 Å². The fourth-order valence-corrected chi connectivity index (χ4v) is 3.80. The van der Waals surface area contributed by atoms with E-state index in [-0.39, 0.29) is 11.3 Å². The standard InChI is InChI=1S/C20H20N4OS/c1-14-4-3-5-15(12-14)20(10-11-20)18(25)22-16-6-8-17(9-7-16)26-19-23-21-13-24(19)2/h3-9,12-13H,10-11H2,1-2H3,(H,22,25). The molecule has 1 aliphatic carbocycles. The number of hydrogen-bond donors (Lipinski definition) is 1. The second-order valence-corrected chi connectivity index (χ2v) is 7.80. The highest BCUT2D eigenvalue weighted by molar-refractivity contribution is 7.99. The van der Waals surface area contributed by atoms with Gasteiger partial charge in [0.15, 0.2) is 5.16 Å². The molecule has 1 aromatic heterocycles. The lowest BCUT2D eigenvalue weighted by atomic mass is 9.93. The third kappa shape index (κ3) is 3.24. The van der Waals surface area contributed by atoms with Crippen molar-refractivity contribution < 1.29 is 4.79 Å². The number of aromatic nitrogens is 3. The van der Waals surface area contributed by atoms with Gasteiger partial charge in [-0.15, -0.1) is 10.2 Å². The van der Waals surface area contributed by atoms with E-state index in [4.69, 9.17) is 0 Å². The number of anilines is 1. The highest BCUT2D eigenvalue weighted by Gasteiger charge is 2.51. The Labute approximate surface area is 156 Å². The van der Waals surface area contributed by atoms with Crippen LogP contribution in [0.2, 0.25) is 0 Å². The largest absolute Gasteiger partial charge is 0.325 e. The number of nitrogens with zero attached hydrogens (tertiary/aromatic N) is 3. The van der Waals surface area contributed by atoms with E-state index in [1.807, 2.05) is 41.9 Å². The zero-order valence-corrected chi connectivity index (χ0v) is 15.6. The summed E-state index contributed by atoms with van der Waals surface area (Å²) >= 11 is 1.54. The van der Waals surface area contributed by atoms with E-state index in [0.717, 1.165) is 34.1 Å².